The highest BCUT2D eigenvalue weighted by Crippen LogP contribution is 2.37. The van der Waals surface area contributed by atoms with Crippen LogP contribution in [0.5, 0.6) is 0 Å². The molecule has 0 aromatic heterocycles. The molecular formula is C24H16N2O2. The predicted molar refractivity (Wildman–Crippen MR) is 111 cm³/mol. The molecule has 0 unspecified atom stereocenters. The zero-order chi connectivity index (χ0) is 19.1. The molecule has 1 N–H and O–H groups in total. The first-order chi connectivity index (χ1) is 13.7. The lowest BCUT2D eigenvalue weighted by Gasteiger charge is -2.28. The molecule has 0 saturated heterocycles. The lowest BCUT2D eigenvalue weighted by atomic mass is 9.92. The Kier molecular flexibility index (Phi) is 3.69. The highest BCUT2D eigenvalue weighted by Gasteiger charge is 2.35. The summed E-state index contributed by atoms with van der Waals surface area (Å²) >= 11 is 0. The Labute approximate surface area is 162 Å². The van der Waals surface area contributed by atoms with Gasteiger partial charge in [0.05, 0.1) is 16.9 Å². The van der Waals surface area contributed by atoms with E-state index >= 15 is 0 Å². The fourth-order valence-corrected chi connectivity index (χ4v) is 3.70. The average molecular weight is 364 g/mol. The second-order valence-corrected chi connectivity index (χ2v) is 6.66. The van der Waals surface area contributed by atoms with Crippen molar-refractivity contribution in [3.05, 3.63) is 102 Å². The van der Waals surface area contributed by atoms with Gasteiger partial charge in [-0.25, -0.2) is 4.90 Å². The van der Waals surface area contributed by atoms with Crippen LogP contribution in [0.2, 0.25) is 0 Å². The summed E-state index contributed by atoms with van der Waals surface area (Å²) in [6.07, 6.45) is 0. The Morgan fingerprint density at radius 2 is 1.36 bits per heavy atom. The van der Waals surface area contributed by atoms with E-state index in [0.29, 0.717) is 27.9 Å². The van der Waals surface area contributed by atoms with E-state index in [2.05, 4.69) is 5.32 Å². The zero-order valence-electron chi connectivity index (χ0n) is 14.9. The molecule has 0 fully saturated rings. The van der Waals surface area contributed by atoms with E-state index in [1.54, 1.807) is 18.2 Å². The molecule has 0 spiro atoms. The van der Waals surface area contributed by atoms with Crippen molar-refractivity contribution in [1.29, 1.82) is 0 Å². The Morgan fingerprint density at radius 3 is 2.11 bits per heavy atom. The van der Waals surface area contributed by atoms with E-state index in [1.807, 2.05) is 72.8 Å². The van der Waals surface area contributed by atoms with Gasteiger partial charge in [-0.2, -0.15) is 0 Å². The number of benzene rings is 4. The van der Waals surface area contributed by atoms with Crippen molar-refractivity contribution >= 4 is 39.6 Å². The van der Waals surface area contributed by atoms with Crippen molar-refractivity contribution in [3.8, 4) is 0 Å². The first-order valence-corrected chi connectivity index (χ1v) is 9.06. The van der Waals surface area contributed by atoms with Gasteiger partial charge in [0.25, 0.3) is 11.8 Å². The van der Waals surface area contributed by atoms with Gasteiger partial charge in [-0.05, 0) is 41.8 Å². The summed E-state index contributed by atoms with van der Waals surface area (Å²) < 4.78 is 0. The highest BCUT2D eigenvalue weighted by atomic mass is 16.2. The number of amides is 2. The normalized spacial score (nSPS) is 13.1. The molecule has 0 saturated carbocycles. The number of hydrogen-bond acceptors (Lipinski definition) is 3. The van der Waals surface area contributed by atoms with Gasteiger partial charge in [0.15, 0.2) is 0 Å². The largest absolute Gasteiger partial charge is 0.355 e. The van der Waals surface area contributed by atoms with Crippen molar-refractivity contribution in [2.75, 3.05) is 10.2 Å². The zero-order valence-corrected chi connectivity index (χ0v) is 14.9. The summed E-state index contributed by atoms with van der Waals surface area (Å²) in [4.78, 5) is 27.9. The predicted octanol–water partition coefficient (Wildman–Crippen LogP) is 5.38. The number of imide groups is 1. The third-order valence-electron chi connectivity index (χ3n) is 4.96. The number of anilines is 3. The summed E-state index contributed by atoms with van der Waals surface area (Å²) in [5.41, 5.74) is 3.18. The number of nitrogens with one attached hydrogen (secondary N) is 1. The van der Waals surface area contributed by atoms with E-state index in [9.17, 15) is 9.59 Å². The molecule has 5 rings (SSSR count). The first-order valence-electron chi connectivity index (χ1n) is 9.06. The Bertz CT molecular complexity index is 1220. The maximum Gasteiger partial charge on any atom is 0.268 e. The van der Waals surface area contributed by atoms with Gasteiger partial charge in [-0.1, -0.05) is 54.6 Å². The summed E-state index contributed by atoms with van der Waals surface area (Å²) in [6, 6.07) is 28.1. The average Bonchev–Trinajstić information content (AvgIpc) is 2.74. The molecule has 0 atom stereocenters. The monoisotopic (exact) mass is 364 g/mol. The van der Waals surface area contributed by atoms with Crippen molar-refractivity contribution in [3.63, 3.8) is 0 Å². The van der Waals surface area contributed by atoms with E-state index in [4.69, 9.17) is 0 Å². The topological polar surface area (TPSA) is 49.4 Å². The van der Waals surface area contributed by atoms with E-state index < -0.39 is 0 Å². The van der Waals surface area contributed by atoms with Gasteiger partial charge < -0.3 is 5.32 Å². The van der Waals surface area contributed by atoms with E-state index in [-0.39, 0.29) is 11.8 Å². The molecule has 1 heterocycles. The lowest BCUT2D eigenvalue weighted by Crippen LogP contribution is -2.40. The molecule has 0 aliphatic carbocycles. The number of rotatable bonds is 3. The standard InChI is InChI=1S/C24H16N2O2/c27-23-19-13-7-8-16-14-15-20(25-17-9-3-1-4-10-17)22(21(16)19)24(28)26(23)18-11-5-2-6-12-18/h1-15,25H. The Balaban J connectivity index is 1.75. The van der Waals surface area contributed by atoms with E-state index in [1.165, 1.54) is 4.90 Å². The smallest absolute Gasteiger partial charge is 0.268 e. The van der Waals surface area contributed by atoms with Crippen LogP contribution in [0.15, 0.2) is 91.0 Å². The highest BCUT2D eigenvalue weighted by molar-refractivity contribution is 6.37. The van der Waals surface area contributed by atoms with Gasteiger partial charge in [-0.15, -0.1) is 0 Å². The summed E-state index contributed by atoms with van der Waals surface area (Å²) in [5.74, 6) is -0.620. The molecule has 4 heteroatoms. The van der Waals surface area contributed by atoms with Crippen molar-refractivity contribution in [2.24, 2.45) is 0 Å². The van der Waals surface area contributed by atoms with Gasteiger partial charge in [0.1, 0.15) is 0 Å². The van der Waals surface area contributed by atoms with Gasteiger partial charge >= 0.3 is 0 Å². The number of para-hydroxylation sites is 2. The second kappa shape index (κ2) is 6.35. The van der Waals surface area contributed by atoms with Crippen LogP contribution in [-0.2, 0) is 0 Å². The third-order valence-corrected chi connectivity index (χ3v) is 4.96. The maximum absolute atomic E-state index is 13.5. The molecule has 1 aliphatic rings. The SMILES string of the molecule is O=C1c2cccc3ccc(Nc4ccccc4)c(c23)C(=O)N1c1ccccc1. The van der Waals surface area contributed by atoms with Gasteiger partial charge in [0, 0.05) is 16.6 Å². The van der Waals surface area contributed by atoms with Crippen LogP contribution in [0, 0.1) is 0 Å². The summed E-state index contributed by atoms with van der Waals surface area (Å²) in [5, 5.41) is 4.91. The van der Waals surface area contributed by atoms with E-state index in [0.717, 1.165) is 11.1 Å². The van der Waals surface area contributed by atoms with Crippen molar-refractivity contribution in [2.45, 2.75) is 0 Å². The van der Waals surface area contributed by atoms with Crippen LogP contribution in [-0.4, -0.2) is 11.8 Å². The third kappa shape index (κ3) is 2.47. The Morgan fingerprint density at radius 1 is 0.643 bits per heavy atom. The first kappa shape index (κ1) is 16.3. The van der Waals surface area contributed by atoms with Crippen LogP contribution in [0.25, 0.3) is 10.8 Å². The molecule has 28 heavy (non-hydrogen) atoms. The molecule has 134 valence electrons. The fourth-order valence-electron chi connectivity index (χ4n) is 3.70. The van der Waals surface area contributed by atoms with Crippen LogP contribution < -0.4 is 10.2 Å². The number of hydrogen-bond donors (Lipinski definition) is 1. The molecule has 1 aliphatic heterocycles. The number of carbonyl (C=O) groups is 2. The second-order valence-electron chi connectivity index (χ2n) is 6.66. The van der Waals surface area contributed by atoms with Gasteiger partial charge in [0.2, 0.25) is 0 Å². The lowest BCUT2D eigenvalue weighted by molar-refractivity contribution is 0.0894. The summed E-state index contributed by atoms with van der Waals surface area (Å²) in [7, 11) is 0. The van der Waals surface area contributed by atoms with Crippen molar-refractivity contribution in [1.82, 2.24) is 0 Å². The molecular weight excluding hydrogens is 348 g/mol. The van der Waals surface area contributed by atoms with Crippen LogP contribution in [0.1, 0.15) is 20.7 Å². The number of carbonyl (C=O) groups excluding carboxylic acids is 2. The summed E-state index contributed by atoms with van der Waals surface area (Å²) in [6.45, 7) is 0. The van der Waals surface area contributed by atoms with Crippen LogP contribution >= 0.6 is 0 Å². The molecule has 4 aromatic carbocycles. The maximum atomic E-state index is 13.5. The fraction of sp³-hybridized carbons (Fsp3) is 0. The van der Waals surface area contributed by atoms with Crippen molar-refractivity contribution < 1.29 is 9.59 Å². The molecule has 4 aromatic rings. The Hall–Kier alpha value is -3.92. The minimum absolute atomic E-state index is 0.300. The molecule has 2 amide bonds. The quantitative estimate of drug-likeness (QED) is 0.496. The molecule has 0 bridgehead atoms. The minimum atomic E-state index is -0.320. The molecule has 4 nitrogen and oxygen atoms in total. The van der Waals surface area contributed by atoms with Gasteiger partial charge in [-0.3, -0.25) is 9.59 Å². The number of nitrogens with zero attached hydrogens (tertiary/aromatic N) is 1. The molecule has 0 radical (unpaired) electrons. The van der Waals surface area contributed by atoms with Crippen LogP contribution in [0.4, 0.5) is 17.1 Å². The minimum Gasteiger partial charge on any atom is -0.355 e. The van der Waals surface area contributed by atoms with Crippen LogP contribution in [0.3, 0.4) is 0 Å².